The van der Waals surface area contributed by atoms with Gasteiger partial charge in [-0.2, -0.15) is 0 Å². The Morgan fingerprint density at radius 1 is 0.667 bits per heavy atom. The van der Waals surface area contributed by atoms with Crippen LogP contribution in [0.15, 0.2) is 164 Å². The second-order valence-electron chi connectivity index (χ2n) is 16.0. The van der Waals surface area contributed by atoms with Crippen LogP contribution in [0.3, 0.4) is 0 Å². The molecule has 0 fully saturated rings. The number of aromatic nitrogens is 1. The van der Waals surface area contributed by atoms with Gasteiger partial charge in [-0.05, 0) is 104 Å². The van der Waals surface area contributed by atoms with Crippen molar-refractivity contribution in [2.24, 2.45) is 9.98 Å². The lowest BCUT2D eigenvalue weighted by atomic mass is 9.94. The Balaban J connectivity index is 1.26. The maximum absolute atomic E-state index is 6.91. The Kier molecular flexibility index (Phi) is 9.03. The van der Waals surface area contributed by atoms with Gasteiger partial charge in [-0.3, -0.25) is 0 Å². The van der Waals surface area contributed by atoms with Crippen LogP contribution in [0.4, 0.5) is 0 Å². The van der Waals surface area contributed by atoms with Gasteiger partial charge < -0.3 is 13.4 Å². The Labute approximate surface area is 349 Å². The minimum absolute atomic E-state index is 0.703. The van der Waals surface area contributed by atoms with E-state index in [1.165, 1.54) is 22.5 Å². The molecule has 0 unspecified atom stereocenters. The van der Waals surface area contributed by atoms with Gasteiger partial charge in [0.25, 0.3) is 0 Å². The summed E-state index contributed by atoms with van der Waals surface area (Å²) in [6.07, 6.45) is 25.1. The van der Waals surface area contributed by atoms with Gasteiger partial charge in [0.15, 0.2) is 5.84 Å². The Bertz CT molecular complexity index is 3240. The molecule has 292 valence electrons. The number of aliphatic imine (C=N–C) groups is 2. The summed E-state index contributed by atoms with van der Waals surface area (Å²) in [7, 11) is 0. The second kappa shape index (κ2) is 15.0. The number of hydrogen-bond acceptors (Lipinski definition) is 3. The lowest BCUT2D eigenvalue weighted by molar-refractivity contribution is 0.668. The summed E-state index contributed by atoms with van der Waals surface area (Å²) in [6, 6.07) is 36.0. The fourth-order valence-corrected chi connectivity index (χ4v) is 9.59. The number of allylic oxidation sites excluding steroid dienone is 5. The molecule has 3 heterocycles. The maximum Gasteiger partial charge on any atom is 0.159 e. The third kappa shape index (κ3) is 5.99. The van der Waals surface area contributed by atoms with Crippen molar-refractivity contribution in [3.63, 3.8) is 0 Å². The zero-order valence-electron chi connectivity index (χ0n) is 34.0. The van der Waals surface area contributed by atoms with Gasteiger partial charge in [0.1, 0.15) is 22.3 Å². The zero-order chi connectivity index (χ0) is 40.2. The standard InChI is InChI=1S/C55H45N3O2/c1-3-18-44(57-55(37-21-8-5-9-22-37)56-35(2)36-19-6-4-7-20-36)52-47(58-45-29-13-10-23-38(45)39-24-11-14-30-46(39)58)33-34-50-53(52)51-41(26-17-32-49(51)59-50)43-28-16-27-42-40-25-12-15-31-48(40)60-54(42)43/h4,6-8,10,12,14-23,25-28,30-34H,3,5,9,11,13,24,29H2,1-2H3/b44-18+,56-35+,57-55-. The second-order valence-corrected chi connectivity index (χ2v) is 16.0. The summed E-state index contributed by atoms with van der Waals surface area (Å²) in [5.41, 5.74) is 16.9. The van der Waals surface area contributed by atoms with Crippen molar-refractivity contribution in [2.45, 2.75) is 58.8 Å². The molecule has 8 aromatic rings. The van der Waals surface area contributed by atoms with E-state index in [0.717, 1.165) is 134 Å². The molecule has 11 rings (SSSR count). The molecule has 3 aromatic heterocycles. The van der Waals surface area contributed by atoms with Gasteiger partial charge in [-0.25, -0.2) is 9.98 Å². The van der Waals surface area contributed by atoms with Crippen LogP contribution in [-0.4, -0.2) is 16.1 Å². The molecule has 60 heavy (non-hydrogen) atoms. The fourth-order valence-electron chi connectivity index (χ4n) is 9.59. The Morgan fingerprint density at radius 2 is 1.43 bits per heavy atom. The molecule has 0 saturated carbocycles. The molecule has 3 aliphatic carbocycles. The average Bonchev–Trinajstić information content (AvgIpc) is 3.99. The molecule has 0 atom stereocenters. The lowest BCUT2D eigenvalue weighted by Crippen LogP contribution is -2.09. The molecule has 0 amide bonds. The highest BCUT2D eigenvalue weighted by molar-refractivity contribution is 6.21. The minimum Gasteiger partial charge on any atom is -0.456 e. The summed E-state index contributed by atoms with van der Waals surface area (Å²) in [5, 5.41) is 4.29. The van der Waals surface area contributed by atoms with E-state index in [0.29, 0.717) is 5.84 Å². The van der Waals surface area contributed by atoms with Crippen LogP contribution in [0.5, 0.6) is 0 Å². The van der Waals surface area contributed by atoms with Crippen molar-refractivity contribution in [3.8, 4) is 16.8 Å². The van der Waals surface area contributed by atoms with Crippen molar-refractivity contribution >= 4 is 73.3 Å². The quantitative estimate of drug-likeness (QED) is 0.119. The summed E-state index contributed by atoms with van der Waals surface area (Å²) in [6.45, 7) is 4.28. The first-order valence-electron chi connectivity index (χ1n) is 21.4. The third-order valence-electron chi connectivity index (χ3n) is 12.3. The number of furan rings is 2. The predicted molar refractivity (Wildman–Crippen MR) is 251 cm³/mol. The molecule has 3 aliphatic rings. The number of amidine groups is 1. The number of nitrogens with zero attached hydrogens (tertiary/aromatic N) is 3. The summed E-state index contributed by atoms with van der Waals surface area (Å²) in [4.78, 5) is 11.0. The molecule has 5 nitrogen and oxygen atoms in total. The van der Waals surface area contributed by atoms with Crippen LogP contribution in [0.25, 0.3) is 78.5 Å². The van der Waals surface area contributed by atoms with Gasteiger partial charge in [0.2, 0.25) is 0 Å². The number of rotatable bonds is 7. The predicted octanol–water partition coefficient (Wildman–Crippen LogP) is 14.8. The van der Waals surface area contributed by atoms with E-state index in [1.807, 2.05) is 12.1 Å². The van der Waals surface area contributed by atoms with Gasteiger partial charge in [0, 0.05) is 55.3 Å². The van der Waals surface area contributed by atoms with Gasteiger partial charge >= 0.3 is 0 Å². The lowest BCUT2D eigenvalue weighted by Gasteiger charge is -2.20. The van der Waals surface area contributed by atoms with Crippen LogP contribution in [-0.2, 0) is 12.8 Å². The van der Waals surface area contributed by atoms with E-state index in [1.54, 1.807) is 0 Å². The minimum atomic E-state index is 0.703. The fraction of sp³-hybridized carbons (Fsp3) is 0.164. The summed E-state index contributed by atoms with van der Waals surface area (Å²) < 4.78 is 16.1. The topological polar surface area (TPSA) is 55.9 Å². The van der Waals surface area contributed by atoms with Gasteiger partial charge in [-0.1, -0.05) is 128 Å². The van der Waals surface area contributed by atoms with E-state index in [-0.39, 0.29) is 0 Å². The van der Waals surface area contributed by atoms with Crippen LogP contribution in [0.1, 0.15) is 79.6 Å². The van der Waals surface area contributed by atoms with E-state index in [9.17, 15) is 0 Å². The highest BCUT2D eigenvalue weighted by atomic mass is 16.3. The molecular formula is C55H45N3O2. The van der Waals surface area contributed by atoms with Crippen molar-refractivity contribution in [3.05, 3.63) is 179 Å². The monoisotopic (exact) mass is 779 g/mol. The van der Waals surface area contributed by atoms with E-state index in [2.05, 4.69) is 158 Å². The zero-order valence-corrected chi connectivity index (χ0v) is 34.0. The molecule has 5 heteroatoms. The molecule has 0 N–H and O–H groups in total. The first-order valence-corrected chi connectivity index (χ1v) is 21.4. The Morgan fingerprint density at radius 3 is 2.32 bits per heavy atom. The van der Waals surface area contributed by atoms with Crippen molar-refractivity contribution in [1.82, 2.24) is 4.57 Å². The first-order chi connectivity index (χ1) is 29.7. The largest absolute Gasteiger partial charge is 0.456 e. The molecule has 0 saturated heterocycles. The normalized spacial score (nSPS) is 15.7. The SMILES string of the molecule is CC/C=C(/N=C(\N=C(/C)c1ccccc1)C1=CCCC=C1)c1c(-n2c3c(c4c2CCC=C4)CCC=C3)ccc2oc3cccc(-c4cccc5c4oc4ccccc45)c3c12. The summed E-state index contributed by atoms with van der Waals surface area (Å²) in [5.74, 6) is 0.703. The summed E-state index contributed by atoms with van der Waals surface area (Å²) >= 11 is 0. The highest BCUT2D eigenvalue weighted by Crippen LogP contribution is 2.47. The molecule has 0 radical (unpaired) electrons. The van der Waals surface area contributed by atoms with Crippen molar-refractivity contribution in [2.75, 3.05) is 0 Å². The van der Waals surface area contributed by atoms with Crippen LogP contribution >= 0.6 is 0 Å². The number of benzene rings is 5. The van der Waals surface area contributed by atoms with Crippen molar-refractivity contribution < 1.29 is 8.83 Å². The van der Waals surface area contributed by atoms with Crippen LogP contribution in [0, 0.1) is 0 Å². The molecule has 0 spiro atoms. The highest BCUT2D eigenvalue weighted by Gasteiger charge is 2.29. The van der Waals surface area contributed by atoms with Gasteiger partial charge in [0.05, 0.1) is 11.4 Å². The van der Waals surface area contributed by atoms with E-state index >= 15 is 0 Å². The van der Waals surface area contributed by atoms with Crippen LogP contribution in [0.2, 0.25) is 0 Å². The smallest absolute Gasteiger partial charge is 0.159 e. The Hall–Kier alpha value is -6.98. The molecule has 0 aliphatic heterocycles. The van der Waals surface area contributed by atoms with Gasteiger partial charge in [-0.15, -0.1) is 0 Å². The van der Waals surface area contributed by atoms with E-state index in [4.69, 9.17) is 18.8 Å². The van der Waals surface area contributed by atoms with Crippen molar-refractivity contribution in [1.29, 1.82) is 0 Å². The maximum atomic E-state index is 6.91. The number of para-hydroxylation sites is 2. The first kappa shape index (κ1) is 36.1. The van der Waals surface area contributed by atoms with E-state index < -0.39 is 0 Å². The third-order valence-corrected chi connectivity index (χ3v) is 12.3. The average molecular weight is 780 g/mol. The molecular weight excluding hydrogens is 735 g/mol. The number of fused-ring (bicyclic) bond motifs is 9. The molecule has 0 bridgehead atoms. The van der Waals surface area contributed by atoms with Crippen LogP contribution < -0.4 is 0 Å². The number of hydrogen-bond donors (Lipinski definition) is 0. The molecule has 5 aromatic carbocycles.